The molecule has 0 heterocycles. The molecule has 7 heteroatoms. The van der Waals surface area contributed by atoms with Crippen molar-refractivity contribution in [1.29, 1.82) is 0 Å². The van der Waals surface area contributed by atoms with Crippen LogP contribution in [0.5, 0.6) is 0 Å². The lowest BCUT2D eigenvalue weighted by molar-refractivity contribution is -0.142. The van der Waals surface area contributed by atoms with E-state index in [4.69, 9.17) is 4.74 Å². The van der Waals surface area contributed by atoms with Crippen LogP contribution in [0.1, 0.15) is 39.7 Å². The summed E-state index contributed by atoms with van der Waals surface area (Å²) in [6.07, 6.45) is -2.79. The maximum atomic E-state index is 15.4. The monoisotopic (exact) mass is 433 g/mol. The first-order chi connectivity index (χ1) is 14.5. The van der Waals surface area contributed by atoms with Crippen molar-refractivity contribution in [3.05, 3.63) is 60.2 Å². The van der Waals surface area contributed by atoms with Crippen LogP contribution in [0.25, 0.3) is 11.1 Å². The van der Waals surface area contributed by atoms with Gasteiger partial charge in [0.15, 0.2) is 6.10 Å². The number of carboxylic acids is 1. The second-order valence-electron chi connectivity index (χ2n) is 8.30. The molecular formula is C24H29F2NO4. The van der Waals surface area contributed by atoms with E-state index < -0.39 is 36.0 Å². The minimum absolute atomic E-state index is 0.00976. The molecule has 0 saturated carbocycles. The van der Waals surface area contributed by atoms with Gasteiger partial charge in [0.2, 0.25) is 0 Å². The van der Waals surface area contributed by atoms with Gasteiger partial charge in [-0.05, 0) is 35.4 Å². The first kappa shape index (κ1) is 24.3. The fraction of sp³-hybridized carbons (Fsp3) is 0.417. The van der Waals surface area contributed by atoms with E-state index in [2.05, 4.69) is 5.32 Å². The van der Waals surface area contributed by atoms with Gasteiger partial charge in [-0.2, -0.15) is 8.78 Å². The van der Waals surface area contributed by atoms with Crippen molar-refractivity contribution >= 4 is 12.1 Å². The maximum absolute atomic E-state index is 15.4. The predicted octanol–water partition coefficient (Wildman–Crippen LogP) is 5.70. The topological polar surface area (TPSA) is 75.6 Å². The summed E-state index contributed by atoms with van der Waals surface area (Å²) >= 11 is 0. The Balaban J connectivity index is 2.25. The van der Waals surface area contributed by atoms with Gasteiger partial charge >= 0.3 is 18.0 Å². The molecule has 2 atom stereocenters. The summed E-state index contributed by atoms with van der Waals surface area (Å²) in [6.45, 7) is 6.65. The van der Waals surface area contributed by atoms with Gasteiger partial charge in [0.1, 0.15) is 6.04 Å². The van der Waals surface area contributed by atoms with Crippen LogP contribution in [-0.2, 0) is 15.5 Å². The largest absolute Gasteiger partial charge is 0.480 e. The summed E-state index contributed by atoms with van der Waals surface area (Å²) in [5.74, 6) is -5.44. The summed E-state index contributed by atoms with van der Waals surface area (Å²) in [7, 11) is 0. The van der Waals surface area contributed by atoms with Crippen molar-refractivity contribution in [2.75, 3.05) is 0 Å². The number of alkyl carbamates (subject to hydrolysis) is 1. The molecule has 168 valence electrons. The van der Waals surface area contributed by atoms with Gasteiger partial charge in [0, 0.05) is 5.56 Å². The Morgan fingerprint density at radius 1 is 1.00 bits per heavy atom. The minimum atomic E-state index is -3.48. The van der Waals surface area contributed by atoms with E-state index in [-0.39, 0.29) is 17.9 Å². The molecule has 2 aromatic carbocycles. The van der Waals surface area contributed by atoms with Crippen LogP contribution in [0.15, 0.2) is 54.6 Å². The average molecular weight is 433 g/mol. The molecule has 2 aromatic rings. The van der Waals surface area contributed by atoms with Crippen molar-refractivity contribution in [2.24, 2.45) is 11.8 Å². The van der Waals surface area contributed by atoms with Crippen LogP contribution in [-0.4, -0.2) is 29.3 Å². The molecule has 0 spiro atoms. The van der Waals surface area contributed by atoms with E-state index in [1.165, 1.54) is 32.0 Å². The number of carbonyl (C=O) groups is 2. The minimum Gasteiger partial charge on any atom is -0.480 e. The Kier molecular flexibility index (Phi) is 8.14. The van der Waals surface area contributed by atoms with Gasteiger partial charge in [-0.1, -0.05) is 76.2 Å². The summed E-state index contributed by atoms with van der Waals surface area (Å²) in [6, 6.07) is 13.8. The number of benzene rings is 2. The van der Waals surface area contributed by atoms with Crippen LogP contribution in [0.3, 0.4) is 0 Å². The molecule has 0 saturated heterocycles. The third-order valence-electron chi connectivity index (χ3n) is 4.85. The number of ether oxygens (including phenoxy) is 1. The zero-order valence-electron chi connectivity index (χ0n) is 18.1. The van der Waals surface area contributed by atoms with Crippen molar-refractivity contribution < 1.29 is 28.2 Å². The molecule has 0 aliphatic rings. The number of nitrogens with one attached hydrogen (secondary N) is 1. The molecule has 2 N–H and O–H groups in total. The third-order valence-corrected chi connectivity index (χ3v) is 4.85. The van der Waals surface area contributed by atoms with Gasteiger partial charge in [-0.3, -0.25) is 0 Å². The Morgan fingerprint density at radius 2 is 1.61 bits per heavy atom. The first-order valence-electron chi connectivity index (χ1n) is 10.3. The lowest BCUT2D eigenvalue weighted by Gasteiger charge is -2.30. The molecule has 0 fully saturated rings. The summed E-state index contributed by atoms with van der Waals surface area (Å²) in [5.41, 5.74) is 1.13. The van der Waals surface area contributed by atoms with E-state index in [1.807, 2.05) is 30.3 Å². The molecule has 0 aromatic heterocycles. The SMILES string of the molecule is CC(C)C[C@H](NC(=O)OC(C(C)C)C(F)(F)c1cccc(-c2ccccc2)c1)C(=O)O. The number of amides is 1. The molecule has 1 amide bonds. The van der Waals surface area contributed by atoms with Crippen molar-refractivity contribution in [3.63, 3.8) is 0 Å². The zero-order chi connectivity index (χ0) is 23.2. The maximum Gasteiger partial charge on any atom is 0.408 e. The molecule has 0 radical (unpaired) electrons. The van der Waals surface area contributed by atoms with Crippen molar-refractivity contribution in [3.8, 4) is 11.1 Å². The van der Waals surface area contributed by atoms with Crippen LogP contribution in [0.2, 0.25) is 0 Å². The highest BCUT2D eigenvalue weighted by Gasteiger charge is 2.46. The van der Waals surface area contributed by atoms with Crippen LogP contribution >= 0.6 is 0 Å². The highest BCUT2D eigenvalue weighted by Crippen LogP contribution is 2.38. The van der Waals surface area contributed by atoms with Gasteiger partial charge in [-0.15, -0.1) is 0 Å². The summed E-state index contributed by atoms with van der Waals surface area (Å²) < 4.78 is 35.9. The normalized spacial score (nSPS) is 13.7. The molecule has 0 bridgehead atoms. The molecule has 0 aliphatic carbocycles. The lowest BCUT2D eigenvalue weighted by Crippen LogP contribution is -2.46. The van der Waals surface area contributed by atoms with Gasteiger partial charge < -0.3 is 15.2 Å². The average Bonchev–Trinajstić information content (AvgIpc) is 2.71. The van der Waals surface area contributed by atoms with Crippen molar-refractivity contribution in [2.45, 2.75) is 52.2 Å². The number of rotatable bonds is 9. The lowest BCUT2D eigenvalue weighted by atomic mass is 9.92. The van der Waals surface area contributed by atoms with Crippen molar-refractivity contribution in [1.82, 2.24) is 5.32 Å². The molecule has 5 nitrogen and oxygen atoms in total. The van der Waals surface area contributed by atoms with E-state index in [1.54, 1.807) is 19.9 Å². The highest BCUT2D eigenvalue weighted by atomic mass is 19.3. The molecule has 2 rings (SSSR count). The molecule has 0 aliphatic heterocycles. The van der Waals surface area contributed by atoms with Crippen LogP contribution < -0.4 is 5.32 Å². The number of hydrogen-bond donors (Lipinski definition) is 2. The Labute approximate surface area is 181 Å². The van der Waals surface area contributed by atoms with E-state index in [9.17, 15) is 14.7 Å². The molecule has 31 heavy (non-hydrogen) atoms. The van der Waals surface area contributed by atoms with Crippen LogP contribution in [0, 0.1) is 11.8 Å². The highest BCUT2D eigenvalue weighted by molar-refractivity contribution is 5.80. The number of carboxylic acid groups (broad SMARTS) is 1. The Morgan fingerprint density at radius 3 is 2.16 bits per heavy atom. The van der Waals surface area contributed by atoms with E-state index in [0.717, 1.165) is 5.56 Å². The third kappa shape index (κ3) is 6.51. The summed E-state index contributed by atoms with van der Waals surface area (Å²) in [5, 5.41) is 11.5. The first-order valence-corrected chi connectivity index (χ1v) is 10.3. The number of hydrogen-bond acceptors (Lipinski definition) is 3. The number of alkyl halides is 2. The Bertz CT molecular complexity index is 884. The van der Waals surface area contributed by atoms with E-state index >= 15 is 8.78 Å². The second-order valence-corrected chi connectivity index (χ2v) is 8.30. The van der Waals surface area contributed by atoms with Gasteiger partial charge in [0.25, 0.3) is 0 Å². The standard InChI is InChI=1S/C24H29F2NO4/c1-15(2)13-20(22(28)29)27-23(30)31-21(16(3)4)24(25,26)19-12-8-11-18(14-19)17-9-6-5-7-10-17/h5-12,14-16,20-21H,13H2,1-4H3,(H,27,30)(H,28,29)/t20-,21?/m0/s1. The Hall–Kier alpha value is -2.96. The van der Waals surface area contributed by atoms with E-state index in [0.29, 0.717) is 5.56 Å². The zero-order valence-corrected chi connectivity index (χ0v) is 18.1. The van der Waals surface area contributed by atoms with Crippen LogP contribution in [0.4, 0.5) is 13.6 Å². The van der Waals surface area contributed by atoms with Gasteiger partial charge in [0.05, 0.1) is 0 Å². The quantitative estimate of drug-likeness (QED) is 0.532. The molecular weight excluding hydrogens is 404 g/mol. The number of aliphatic carboxylic acids is 1. The fourth-order valence-corrected chi connectivity index (χ4v) is 3.31. The van der Waals surface area contributed by atoms with Gasteiger partial charge in [-0.25, -0.2) is 9.59 Å². The fourth-order valence-electron chi connectivity index (χ4n) is 3.31. The molecule has 1 unspecified atom stereocenters. The smallest absolute Gasteiger partial charge is 0.408 e. The predicted molar refractivity (Wildman–Crippen MR) is 115 cm³/mol. The summed E-state index contributed by atoms with van der Waals surface area (Å²) in [4.78, 5) is 23.7. The second kappa shape index (κ2) is 10.4. The number of carbonyl (C=O) groups excluding carboxylic acids is 1. The number of halogens is 2.